The average molecular weight is 809 g/mol. The third kappa shape index (κ3) is 14.7. The monoisotopic (exact) mass is 808 g/mol. The van der Waals surface area contributed by atoms with E-state index >= 15 is 0 Å². The average Bonchev–Trinajstić information content (AvgIpc) is 3.85. The summed E-state index contributed by atoms with van der Waals surface area (Å²) in [5.41, 5.74) is 2.80. The molecule has 0 aromatic heterocycles. The molecule has 2 aliphatic heterocycles. The molecule has 2 heterocycles. The summed E-state index contributed by atoms with van der Waals surface area (Å²) >= 11 is 11.8. The summed E-state index contributed by atoms with van der Waals surface area (Å²) in [6, 6.07) is 16.2. The Kier molecular flexibility index (Phi) is 18.3. The fraction of sp³-hybridized carbons (Fsp3) is 0.538. The second-order valence-electron chi connectivity index (χ2n) is 13.0. The van der Waals surface area contributed by atoms with E-state index in [1.807, 2.05) is 94.8 Å². The maximum Gasteiger partial charge on any atom is 0.333 e. The Hall–Kier alpha value is -1.44. The van der Waals surface area contributed by atoms with E-state index in [-0.39, 0.29) is 42.8 Å². The highest BCUT2D eigenvalue weighted by Crippen LogP contribution is 2.36. The Morgan fingerprint density at radius 3 is 1.37 bits per heavy atom. The van der Waals surface area contributed by atoms with Gasteiger partial charge in [-0.15, -0.1) is 47.0 Å². The predicted molar refractivity (Wildman–Crippen MR) is 227 cm³/mol. The van der Waals surface area contributed by atoms with E-state index in [4.69, 9.17) is 18.9 Å². The first-order valence-electron chi connectivity index (χ1n) is 17.3. The number of benzene rings is 2. The highest BCUT2D eigenvalue weighted by Gasteiger charge is 2.25. The highest BCUT2D eigenvalue weighted by molar-refractivity contribution is 8.20. The van der Waals surface area contributed by atoms with Crippen molar-refractivity contribution in [2.24, 2.45) is 0 Å². The van der Waals surface area contributed by atoms with Crippen molar-refractivity contribution in [1.82, 2.24) is 0 Å². The van der Waals surface area contributed by atoms with Crippen molar-refractivity contribution in [3.8, 4) is 11.5 Å². The molecule has 2 saturated heterocycles. The highest BCUT2D eigenvalue weighted by atomic mass is 32.2. The lowest BCUT2D eigenvalue weighted by molar-refractivity contribution is -0.145. The van der Waals surface area contributed by atoms with Crippen LogP contribution in [0, 0.1) is 0 Å². The van der Waals surface area contributed by atoms with Crippen molar-refractivity contribution in [3.05, 3.63) is 84.0 Å². The largest absolute Gasteiger partial charge is 0.490 e. The van der Waals surface area contributed by atoms with Gasteiger partial charge in [0.15, 0.2) is 0 Å². The molecule has 2 aliphatic rings. The molecule has 0 spiro atoms. The number of carbonyl (C=O) groups is 2. The van der Waals surface area contributed by atoms with E-state index in [0.29, 0.717) is 31.8 Å². The molecule has 2 aromatic carbocycles. The minimum Gasteiger partial charge on any atom is -0.490 e. The van der Waals surface area contributed by atoms with Gasteiger partial charge in [-0.25, -0.2) is 9.59 Å². The van der Waals surface area contributed by atoms with Crippen molar-refractivity contribution in [1.29, 1.82) is 0 Å². The van der Waals surface area contributed by atoms with Gasteiger partial charge in [-0.3, -0.25) is 0 Å². The first-order chi connectivity index (χ1) is 24.5. The number of ether oxygens (including phenoxy) is 4. The Bertz CT molecular complexity index is 1300. The zero-order chi connectivity index (χ0) is 36.6. The van der Waals surface area contributed by atoms with Crippen molar-refractivity contribution >= 4 is 82.5 Å². The molecule has 0 saturated carbocycles. The van der Waals surface area contributed by atoms with E-state index in [2.05, 4.69) is 51.3 Å². The van der Waals surface area contributed by atoms with Gasteiger partial charge in [0.1, 0.15) is 36.9 Å². The first kappa shape index (κ1) is 42.3. The molecule has 2 aromatic rings. The van der Waals surface area contributed by atoms with Crippen LogP contribution in [0.25, 0.3) is 0 Å². The topological polar surface area (TPSA) is 71.1 Å². The number of thioether (sulfide) groups is 6. The van der Waals surface area contributed by atoms with Gasteiger partial charge in [-0.05, 0) is 73.6 Å². The molecule has 0 amide bonds. The minimum atomic E-state index is -0.381. The van der Waals surface area contributed by atoms with Gasteiger partial charge in [0.25, 0.3) is 0 Å². The van der Waals surface area contributed by atoms with Crippen molar-refractivity contribution in [2.75, 3.05) is 59.2 Å². The molecule has 2 atom stereocenters. The van der Waals surface area contributed by atoms with Crippen LogP contribution in [0.4, 0.5) is 0 Å². The molecule has 0 bridgehead atoms. The van der Waals surface area contributed by atoms with Crippen LogP contribution in [0.15, 0.2) is 72.8 Å². The molecule has 2 unspecified atom stereocenters. The molecule has 2 fully saturated rings. The van der Waals surface area contributed by atoms with Gasteiger partial charge < -0.3 is 18.9 Å². The van der Waals surface area contributed by atoms with Crippen LogP contribution in [0.2, 0.25) is 0 Å². The van der Waals surface area contributed by atoms with Crippen molar-refractivity contribution < 1.29 is 28.5 Å². The summed E-state index contributed by atoms with van der Waals surface area (Å²) in [5, 5.41) is 0. The third-order valence-electron chi connectivity index (χ3n) is 8.25. The van der Waals surface area contributed by atoms with Crippen LogP contribution in [0.1, 0.15) is 51.7 Å². The quantitative estimate of drug-likeness (QED) is 0.0647. The molecule has 280 valence electrons. The summed E-state index contributed by atoms with van der Waals surface area (Å²) in [4.78, 5) is 24.6. The standard InChI is InChI=1S/C39H52O6S6/c1-27(2)37(40)44-33(25-46-17-15-35-48-19-20-49-35)23-42-31-11-7-29(8-12-31)39(5,6)30-9-13-32(14-10-30)43-24-34(45-38(41)28(3)4)26-47-18-16-36-50-21-22-51-36/h7-14,33-36H,1,3,15-26H2,2,4-6H3. The smallest absolute Gasteiger partial charge is 0.333 e. The van der Waals surface area contributed by atoms with Crippen LogP contribution >= 0.6 is 70.6 Å². The molecule has 0 N–H and O–H groups in total. The zero-order valence-electron chi connectivity index (χ0n) is 30.2. The van der Waals surface area contributed by atoms with Crippen molar-refractivity contribution in [3.63, 3.8) is 0 Å². The lowest BCUT2D eigenvalue weighted by Crippen LogP contribution is -2.28. The molecule has 0 aliphatic carbocycles. The molecule has 51 heavy (non-hydrogen) atoms. The zero-order valence-corrected chi connectivity index (χ0v) is 35.1. The number of hydrogen-bond acceptors (Lipinski definition) is 12. The molecule has 0 radical (unpaired) electrons. The summed E-state index contributed by atoms with van der Waals surface area (Å²) in [6.07, 6.45) is 1.60. The van der Waals surface area contributed by atoms with Gasteiger partial charge in [0, 0.05) is 51.1 Å². The Balaban J connectivity index is 1.27. The van der Waals surface area contributed by atoms with Crippen LogP contribution in [-0.2, 0) is 24.5 Å². The molecular weight excluding hydrogens is 757 g/mol. The summed E-state index contributed by atoms with van der Waals surface area (Å²) in [6.45, 7) is 15.8. The SMILES string of the molecule is C=C(C)C(=O)OC(COc1ccc(C(C)(C)c2ccc(OCC(CSCCC3SCCS3)OC(=O)C(=C)C)cc2)cc1)CSCCC1SCCS1. The van der Waals surface area contributed by atoms with E-state index in [1.165, 1.54) is 23.0 Å². The summed E-state index contributed by atoms with van der Waals surface area (Å²) < 4.78 is 25.0. The van der Waals surface area contributed by atoms with E-state index in [0.717, 1.165) is 47.0 Å². The number of esters is 2. The lowest BCUT2D eigenvalue weighted by Gasteiger charge is -2.27. The van der Waals surface area contributed by atoms with Crippen LogP contribution in [-0.4, -0.2) is 92.5 Å². The van der Waals surface area contributed by atoms with Crippen molar-refractivity contribution in [2.45, 2.75) is 67.3 Å². The van der Waals surface area contributed by atoms with Crippen LogP contribution in [0.5, 0.6) is 11.5 Å². The summed E-state index contributed by atoms with van der Waals surface area (Å²) in [5.74, 6) is 9.08. The van der Waals surface area contributed by atoms with E-state index in [9.17, 15) is 9.59 Å². The molecule has 4 rings (SSSR count). The normalized spacial score (nSPS) is 16.4. The number of carbonyl (C=O) groups excluding carboxylic acids is 2. The van der Waals surface area contributed by atoms with E-state index < -0.39 is 0 Å². The van der Waals surface area contributed by atoms with Crippen LogP contribution in [0.3, 0.4) is 0 Å². The van der Waals surface area contributed by atoms with Gasteiger partial charge >= 0.3 is 11.9 Å². The molecule has 6 nitrogen and oxygen atoms in total. The Morgan fingerprint density at radius 1 is 0.686 bits per heavy atom. The van der Waals surface area contributed by atoms with Gasteiger partial charge in [-0.1, -0.05) is 51.3 Å². The first-order valence-corrected chi connectivity index (χ1v) is 23.8. The fourth-order valence-electron chi connectivity index (χ4n) is 5.15. The predicted octanol–water partition coefficient (Wildman–Crippen LogP) is 9.60. The molecule has 12 heteroatoms. The second-order valence-corrected chi connectivity index (χ2v) is 21.1. The number of hydrogen-bond donors (Lipinski definition) is 0. The maximum atomic E-state index is 12.3. The van der Waals surface area contributed by atoms with Crippen LogP contribution < -0.4 is 9.47 Å². The van der Waals surface area contributed by atoms with Gasteiger partial charge in [0.2, 0.25) is 0 Å². The Labute approximate surface area is 330 Å². The lowest BCUT2D eigenvalue weighted by atomic mass is 9.78. The van der Waals surface area contributed by atoms with Gasteiger partial charge in [0.05, 0.1) is 9.16 Å². The van der Waals surface area contributed by atoms with Gasteiger partial charge in [-0.2, -0.15) is 23.5 Å². The second kappa shape index (κ2) is 22.1. The maximum absolute atomic E-state index is 12.3. The fourth-order valence-corrected chi connectivity index (χ4v) is 13.4. The number of rotatable bonds is 22. The summed E-state index contributed by atoms with van der Waals surface area (Å²) in [7, 11) is 0. The van der Waals surface area contributed by atoms with E-state index in [1.54, 1.807) is 13.8 Å². The minimum absolute atomic E-state index is 0.269. The third-order valence-corrected chi connectivity index (χ3v) is 16.9. The molecular formula is C39H52O6S6. The Morgan fingerprint density at radius 2 is 1.04 bits per heavy atom.